The van der Waals surface area contributed by atoms with Crippen LogP contribution in [0.4, 0.5) is 0 Å². The Morgan fingerprint density at radius 2 is 2.29 bits per heavy atom. The summed E-state index contributed by atoms with van der Waals surface area (Å²) < 4.78 is 5.51. The van der Waals surface area contributed by atoms with E-state index in [1.807, 2.05) is 30.0 Å². The van der Waals surface area contributed by atoms with Gasteiger partial charge in [0.25, 0.3) is 0 Å². The van der Waals surface area contributed by atoms with E-state index < -0.39 is 7.12 Å². The summed E-state index contributed by atoms with van der Waals surface area (Å²) in [6.45, 7) is 2.97. The molecule has 17 heavy (non-hydrogen) atoms. The first-order chi connectivity index (χ1) is 8.16. The molecule has 1 fully saturated rings. The molecular weight excluding hydrogens is 235 g/mol. The minimum absolute atomic E-state index is 0.326. The fraction of sp³-hybridized carbons (Fsp3) is 0.500. The molecule has 0 spiro atoms. The van der Waals surface area contributed by atoms with Gasteiger partial charge in [0, 0.05) is 17.6 Å². The van der Waals surface area contributed by atoms with Crippen molar-refractivity contribution in [3.8, 4) is 0 Å². The Morgan fingerprint density at radius 3 is 2.94 bits per heavy atom. The topological polar surface area (TPSA) is 49.7 Å². The van der Waals surface area contributed by atoms with Crippen LogP contribution in [0, 0.1) is 0 Å². The Morgan fingerprint density at radius 1 is 1.47 bits per heavy atom. The largest absolute Gasteiger partial charge is 0.488 e. The van der Waals surface area contributed by atoms with Crippen molar-refractivity contribution < 1.29 is 14.8 Å². The van der Waals surface area contributed by atoms with Gasteiger partial charge in [-0.15, -0.1) is 0 Å². The van der Waals surface area contributed by atoms with E-state index in [0.717, 1.165) is 24.3 Å². The normalized spacial score (nSPS) is 23.9. The average molecular weight is 252 g/mol. The van der Waals surface area contributed by atoms with E-state index in [1.165, 1.54) is 0 Å². The lowest BCUT2D eigenvalue weighted by Crippen LogP contribution is -2.29. The van der Waals surface area contributed by atoms with Gasteiger partial charge in [-0.25, -0.2) is 0 Å². The van der Waals surface area contributed by atoms with E-state index >= 15 is 0 Å². The second kappa shape index (κ2) is 5.91. The SMILES string of the molecule is CC1OCCC1SCc1cccc(B(O)O)c1. The maximum Gasteiger partial charge on any atom is 0.488 e. The van der Waals surface area contributed by atoms with Crippen LogP contribution in [-0.2, 0) is 10.5 Å². The third-order valence-corrected chi connectivity index (χ3v) is 4.57. The maximum absolute atomic E-state index is 9.10. The van der Waals surface area contributed by atoms with Gasteiger partial charge >= 0.3 is 7.12 Å². The van der Waals surface area contributed by atoms with E-state index in [-0.39, 0.29) is 0 Å². The molecule has 0 amide bonds. The zero-order chi connectivity index (χ0) is 12.3. The van der Waals surface area contributed by atoms with E-state index in [0.29, 0.717) is 16.8 Å². The van der Waals surface area contributed by atoms with E-state index in [1.54, 1.807) is 6.07 Å². The van der Waals surface area contributed by atoms with Crippen LogP contribution in [-0.4, -0.2) is 35.1 Å². The molecule has 1 heterocycles. The first-order valence-electron chi connectivity index (χ1n) is 5.85. The average Bonchev–Trinajstić information content (AvgIpc) is 2.72. The van der Waals surface area contributed by atoms with Crippen molar-refractivity contribution in [1.82, 2.24) is 0 Å². The lowest BCUT2D eigenvalue weighted by Gasteiger charge is -2.13. The van der Waals surface area contributed by atoms with Crippen molar-refractivity contribution in [2.24, 2.45) is 0 Å². The molecule has 2 rings (SSSR count). The second-order valence-corrected chi connectivity index (χ2v) is 5.56. The number of rotatable bonds is 4. The first-order valence-corrected chi connectivity index (χ1v) is 6.90. The molecule has 1 aliphatic heterocycles. The fourth-order valence-electron chi connectivity index (χ4n) is 1.98. The van der Waals surface area contributed by atoms with Gasteiger partial charge in [-0.2, -0.15) is 11.8 Å². The highest BCUT2D eigenvalue weighted by Crippen LogP contribution is 2.28. The monoisotopic (exact) mass is 252 g/mol. The highest BCUT2D eigenvalue weighted by atomic mass is 32.2. The van der Waals surface area contributed by atoms with Gasteiger partial charge in [0.1, 0.15) is 0 Å². The summed E-state index contributed by atoms with van der Waals surface area (Å²) in [5.74, 6) is 0.888. The Balaban J connectivity index is 1.92. The van der Waals surface area contributed by atoms with E-state index in [9.17, 15) is 0 Å². The number of benzene rings is 1. The molecule has 5 heteroatoms. The van der Waals surface area contributed by atoms with Crippen molar-refractivity contribution in [1.29, 1.82) is 0 Å². The highest BCUT2D eigenvalue weighted by molar-refractivity contribution is 7.99. The van der Waals surface area contributed by atoms with Crippen LogP contribution in [0.1, 0.15) is 18.9 Å². The van der Waals surface area contributed by atoms with E-state index in [4.69, 9.17) is 14.8 Å². The molecule has 1 aromatic carbocycles. The number of hydrogen-bond acceptors (Lipinski definition) is 4. The predicted molar refractivity (Wildman–Crippen MR) is 71.4 cm³/mol. The van der Waals surface area contributed by atoms with Gasteiger partial charge in [-0.3, -0.25) is 0 Å². The van der Waals surface area contributed by atoms with Gasteiger partial charge < -0.3 is 14.8 Å². The summed E-state index contributed by atoms with van der Waals surface area (Å²) in [6, 6.07) is 7.44. The minimum atomic E-state index is -1.38. The zero-order valence-corrected chi connectivity index (χ0v) is 10.7. The Labute approximate surface area is 106 Å². The van der Waals surface area contributed by atoms with Crippen molar-refractivity contribution >= 4 is 24.3 Å². The molecule has 2 atom stereocenters. The minimum Gasteiger partial charge on any atom is -0.423 e. The number of ether oxygens (including phenoxy) is 1. The number of hydrogen-bond donors (Lipinski definition) is 2. The molecule has 0 aliphatic carbocycles. The van der Waals surface area contributed by atoms with E-state index in [2.05, 4.69) is 6.92 Å². The summed E-state index contributed by atoms with van der Waals surface area (Å²) in [7, 11) is -1.38. The standard InChI is InChI=1S/C12H17BO3S/c1-9-12(5-6-16-9)17-8-10-3-2-4-11(7-10)13(14)15/h2-4,7,9,12,14-15H,5-6,8H2,1H3. The van der Waals surface area contributed by atoms with Gasteiger partial charge in [0.15, 0.2) is 0 Å². The molecule has 0 aromatic heterocycles. The summed E-state index contributed by atoms with van der Waals surface area (Å²) in [5.41, 5.74) is 1.68. The van der Waals surface area contributed by atoms with Crippen molar-refractivity contribution in [3.05, 3.63) is 29.8 Å². The third-order valence-electron chi connectivity index (χ3n) is 3.02. The lowest BCUT2D eigenvalue weighted by molar-refractivity contribution is 0.127. The Kier molecular flexibility index (Phi) is 4.51. The summed E-state index contributed by atoms with van der Waals surface area (Å²) in [5, 5.41) is 18.8. The van der Waals surface area contributed by atoms with Crippen LogP contribution >= 0.6 is 11.8 Å². The Hall–Kier alpha value is -0.485. The van der Waals surface area contributed by atoms with Crippen LogP contribution in [0.15, 0.2) is 24.3 Å². The van der Waals surface area contributed by atoms with Gasteiger partial charge in [0.05, 0.1) is 6.10 Å². The Bertz CT molecular complexity index is 373. The molecule has 2 unspecified atom stereocenters. The molecule has 1 saturated heterocycles. The molecule has 1 aliphatic rings. The van der Waals surface area contributed by atoms with Gasteiger partial charge in [-0.05, 0) is 24.4 Å². The molecule has 3 nitrogen and oxygen atoms in total. The van der Waals surface area contributed by atoms with Crippen molar-refractivity contribution in [3.63, 3.8) is 0 Å². The van der Waals surface area contributed by atoms with Gasteiger partial charge in [-0.1, -0.05) is 24.3 Å². The van der Waals surface area contributed by atoms with Gasteiger partial charge in [0.2, 0.25) is 0 Å². The quantitative estimate of drug-likeness (QED) is 0.777. The van der Waals surface area contributed by atoms with Crippen LogP contribution < -0.4 is 5.46 Å². The molecule has 0 bridgehead atoms. The van der Waals surface area contributed by atoms with Crippen LogP contribution in [0.2, 0.25) is 0 Å². The molecule has 0 saturated carbocycles. The summed E-state index contributed by atoms with van der Waals surface area (Å²) >= 11 is 1.88. The second-order valence-electron chi connectivity index (χ2n) is 4.33. The summed E-state index contributed by atoms with van der Waals surface area (Å²) in [6.07, 6.45) is 1.43. The van der Waals surface area contributed by atoms with Crippen LogP contribution in [0.5, 0.6) is 0 Å². The maximum atomic E-state index is 9.10. The molecule has 2 N–H and O–H groups in total. The van der Waals surface area contributed by atoms with Crippen molar-refractivity contribution in [2.75, 3.05) is 6.61 Å². The molecule has 92 valence electrons. The molecule has 1 aromatic rings. The predicted octanol–water partition coefficient (Wildman–Crippen LogP) is 0.777. The highest BCUT2D eigenvalue weighted by Gasteiger charge is 2.24. The first kappa shape index (κ1) is 13.0. The molecular formula is C12H17BO3S. The summed E-state index contributed by atoms with van der Waals surface area (Å²) in [4.78, 5) is 0. The number of thioether (sulfide) groups is 1. The third kappa shape index (κ3) is 3.49. The fourth-order valence-corrected chi connectivity index (χ4v) is 3.18. The zero-order valence-electron chi connectivity index (χ0n) is 9.87. The van der Waals surface area contributed by atoms with Crippen LogP contribution in [0.3, 0.4) is 0 Å². The van der Waals surface area contributed by atoms with Crippen molar-refractivity contribution in [2.45, 2.75) is 30.5 Å². The molecule has 0 radical (unpaired) electrons. The lowest BCUT2D eigenvalue weighted by atomic mass is 9.80. The smallest absolute Gasteiger partial charge is 0.423 e. The van der Waals surface area contributed by atoms with Crippen LogP contribution in [0.25, 0.3) is 0 Å².